The second-order valence-corrected chi connectivity index (χ2v) is 5.33. The van der Waals surface area contributed by atoms with Crippen molar-refractivity contribution in [3.8, 4) is 0 Å². The number of hydrogen-bond acceptors (Lipinski definition) is 2. The monoisotopic (exact) mass is 265 g/mol. The van der Waals surface area contributed by atoms with Crippen LogP contribution in [0.4, 0.5) is 5.69 Å². The van der Waals surface area contributed by atoms with Gasteiger partial charge in [0.05, 0.1) is 0 Å². The van der Waals surface area contributed by atoms with Gasteiger partial charge in [-0.15, -0.1) is 0 Å². The highest BCUT2D eigenvalue weighted by molar-refractivity contribution is 8.25. The van der Waals surface area contributed by atoms with Crippen LogP contribution in [0.3, 0.4) is 0 Å². The lowest BCUT2D eigenvalue weighted by Gasteiger charge is -2.18. The van der Waals surface area contributed by atoms with Gasteiger partial charge in [-0.2, -0.15) is 0 Å². The minimum Gasteiger partial charge on any atom is -0.330 e. The molecule has 17 heavy (non-hydrogen) atoms. The van der Waals surface area contributed by atoms with Gasteiger partial charge in [0.1, 0.15) is 4.32 Å². The Morgan fingerprint density at radius 1 is 1.35 bits per heavy atom. The minimum absolute atomic E-state index is 0.879. The third-order valence-corrected chi connectivity index (χ3v) is 3.77. The van der Waals surface area contributed by atoms with Crippen molar-refractivity contribution in [3.05, 3.63) is 41.8 Å². The SMILES string of the molecule is CCCCC=CSC(=S)N(C)c1ccccc1. The molecule has 1 aromatic rings. The van der Waals surface area contributed by atoms with Gasteiger partial charge in [0.15, 0.2) is 0 Å². The Bertz CT molecular complexity index is 360. The van der Waals surface area contributed by atoms with Gasteiger partial charge < -0.3 is 4.90 Å². The third kappa shape index (κ3) is 5.37. The zero-order chi connectivity index (χ0) is 12.5. The van der Waals surface area contributed by atoms with Gasteiger partial charge in [0.25, 0.3) is 0 Å². The molecule has 0 saturated heterocycles. The number of allylic oxidation sites excluding steroid dienone is 1. The average Bonchev–Trinajstić information content (AvgIpc) is 2.38. The molecule has 0 amide bonds. The normalized spacial score (nSPS) is 10.7. The van der Waals surface area contributed by atoms with Gasteiger partial charge in [-0.25, -0.2) is 0 Å². The average molecular weight is 265 g/mol. The van der Waals surface area contributed by atoms with Crippen molar-refractivity contribution in [1.82, 2.24) is 0 Å². The molecule has 0 saturated carbocycles. The molecular weight excluding hydrogens is 246 g/mol. The van der Waals surface area contributed by atoms with Gasteiger partial charge in [0.2, 0.25) is 0 Å². The number of hydrogen-bond donors (Lipinski definition) is 0. The maximum absolute atomic E-state index is 5.37. The fraction of sp³-hybridized carbons (Fsp3) is 0.357. The zero-order valence-corrected chi connectivity index (χ0v) is 12.1. The van der Waals surface area contributed by atoms with Gasteiger partial charge in [-0.05, 0) is 24.0 Å². The quantitative estimate of drug-likeness (QED) is 0.554. The molecule has 0 fully saturated rings. The van der Waals surface area contributed by atoms with Crippen LogP contribution >= 0.6 is 24.0 Å². The van der Waals surface area contributed by atoms with Crippen LogP contribution in [0.5, 0.6) is 0 Å². The van der Waals surface area contributed by atoms with Crippen molar-refractivity contribution >= 4 is 34.0 Å². The van der Waals surface area contributed by atoms with Gasteiger partial charge >= 0.3 is 0 Å². The van der Waals surface area contributed by atoms with Gasteiger partial charge in [0, 0.05) is 12.7 Å². The lowest BCUT2D eigenvalue weighted by Crippen LogP contribution is -2.20. The van der Waals surface area contributed by atoms with Crippen molar-refractivity contribution in [3.63, 3.8) is 0 Å². The standard InChI is InChI=1S/C14H19NS2/c1-3-4-5-9-12-17-14(16)15(2)13-10-7-6-8-11-13/h6-12H,3-5H2,1-2H3. The Balaban J connectivity index is 2.40. The summed E-state index contributed by atoms with van der Waals surface area (Å²) < 4.78 is 0.879. The van der Waals surface area contributed by atoms with Crippen LogP contribution in [-0.4, -0.2) is 11.4 Å². The maximum Gasteiger partial charge on any atom is 0.144 e. The number of rotatable bonds is 5. The molecule has 0 unspecified atom stereocenters. The van der Waals surface area contributed by atoms with E-state index in [9.17, 15) is 0 Å². The first-order valence-electron chi connectivity index (χ1n) is 5.90. The molecule has 3 heteroatoms. The highest BCUT2D eigenvalue weighted by atomic mass is 32.2. The number of thiocarbonyl (C=S) groups is 1. The molecule has 1 aromatic carbocycles. The summed E-state index contributed by atoms with van der Waals surface area (Å²) in [7, 11) is 2.00. The summed E-state index contributed by atoms with van der Waals surface area (Å²) in [5, 5.41) is 2.09. The van der Waals surface area contributed by atoms with E-state index in [4.69, 9.17) is 12.2 Å². The minimum atomic E-state index is 0.879. The number of para-hydroxylation sites is 1. The largest absolute Gasteiger partial charge is 0.330 e. The molecule has 0 atom stereocenters. The second-order valence-electron chi connectivity index (χ2n) is 3.79. The molecular formula is C14H19NS2. The topological polar surface area (TPSA) is 3.24 Å². The molecule has 0 heterocycles. The van der Waals surface area contributed by atoms with Crippen molar-refractivity contribution in [2.75, 3.05) is 11.9 Å². The number of unbranched alkanes of at least 4 members (excludes halogenated alkanes) is 2. The lowest BCUT2D eigenvalue weighted by molar-refractivity contribution is 0.815. The van der Waals surface area contributed by atoms with Crippen LogP contribution in [-0.2, 0) is 0 Å². The van der Waals surface area contributed by atoms with Crippen LogP contribution in [0.2, 0.25) is 0 Å². The van der Waals surface area contributed by atoms with Gasteiger partial charge in [-0.1, -0.05) is 68.0 Å². The van der Waals surface area contributed by atoms with E-state index in [1.54, 1.807) is 11.8 Å². The summed E-state index contributed by atoms with van der Waals surface area (Å²) in [4.78, 5) is 2.03. The lowest BCUT2D eigenvalue weighted by atomic mass is 10.2. The molecule has 92 valence electrons. The Morgan fingerprint density at radius 3 is 2.71 bits per heavy atom. The van der Waals surface area contributed by atoms with E-state index < -0.39 is 0 Å². The highest BCUT2D eigenvalue weighted by Crippen LogP contribution is 2.18. The fourth-order valence-corrected chi connectivity index (χ4v) is 2.22. The first kappa shape index (κ1) is 14.3. The summed E-state index contributed by atoms with van der Waals surface area (Å²) in [5.74, 6) is 0. The summed E-state index contributed by atoms with van der Waals surface area (Å²) in [6.07, 6.45) is 5.82. The molecule has 1 nitrogen and oxygen atoms in total. The summed E-state index contributed by atoms with van der Waals surface area (Å²) in [5.41, 5.74) is 1.13. The first-order chi connectivity index (χ1) is 8.25. The molecule has 0 aliphatic heterocycles. The van der Waals surface area contributed by atoms with E-state index in [0.717, 1.165) is 16.4 Å². The van der Waals surface area contributed by atoms with E-state index in [1.807, 2.05) is 30.1 Å². The molecule has 0 spiro atoms. The van der Waals surface area contributed by atoms with Crippen LogP contribution in [0, 0.1) is 0 Å². The predicted molar refractivity (Wildman–Crippen MR) is 83.7 cm³/mol. The Kier molecular flexibility index (Phi) is 6.97. The second kappa shape index (κ2) is 8.31. The van der Waals surface area contributed by atoms with E-state index in [2.05, 4.69) is 30.5 Å². The fourth-order valence-electron chi connectivity index (χ4n) is 1.33. The van der Waals surface area contributed by atoms with Crippen LogP contribution in [0.1, 0.15) is 26.2 Å². The smallest absolute Gasteiger partial charge is 0.144 e. The Morgan fingerprint density at radius 2 is 2.06 bits per heavy atom. The number of thioether (sulfide) groups is 1. The summed E-state index contributed by atoms with van der Waals surface area (Å²) in [6, 6.07) is 10.2. The van der Waals surface area contributed by atoms with Crippen LogP contribution in [0.25, 0.3) is 0 Å². The van der Waals surface area contributed by atoms with E-state index in [0.29, 0.717) is 0 Å². The van der Waals surface area contributed by atoms with Crippen molar-refractivity contribution in [2.24, 2.45) is 0 Å². The molecule has 0 N–H and O–H groups in total. The zero-order valence-electron chi connectivity index (χ0n) is 10.4. The highest BCUT2D eigenvalue weighted by Gasteiger charge is 2.04. The van der Waals surface area contributed by atoms with Crippen molar-refractivity contribution in [1.29, 1.82) is 0 Å². The van der Waals surface area contributed by atoms with E-state index >= 15 is 0 Å². The van der Waals surface area contributed by atoms with Crippen molar-refractivity contribution < 1.29 is 0 Å². The van der Waals surface area contributed by atoms with Crippen LogP contribution < -0.4 is 4.90 Å². The summed E-state index contributed by atoms with van der Waals surface area (Å²) in [6.45, 7) is 2.20. The van der Waals surface area contributed by atoms with Crippen molar-refractivity contribution in [2.45, 2.75) is 26.2 Å². The molecule has 0 aliphatic carbocycles. The van der Waals surface area contributed by atoms with E-state index in [-0.39, 0.29) is 0 Å². The number of anilines is 1. The molecule has 0 aliphatic rings. The van der Waals surface area contributed by atoms with Crippen LogP contribution in [0.15, 0.2) is 41.8 Å². The first-order valence-corrected chi connectivity index (χ1v) is 7.19. The molecule has 0 aromatic heterocycles. The number of nitrogens with zero attached hydrogens (tertiary/aromatic N) is 1. The molecule has 0 radical (unpaired) electrons. The Hall–Kier alpha value is -0.800. The summed E-state index contributed by atoms with van der Waals surface area (Å²) >= 11 is 6.98. The Labute approximate surface area is 114 Å². The molecule has 0 bridgehead atoms. The maximum atomic E-state index is 5.37. The number of benzene rings is 1. The predicted octanol–water partition coefficient (Wildman–Crippen LogP) is 4.84. The van der Waals surface area contributed by atoms with Gasteiger partial charge in [-0.3, -0.25) is 0 Å². The third-order valence-electron chi connectivity index (χ3n) is 2.41. The van der Waals surface area contributed by atoms with E-state index in [1.165, 1.54) is 12.8 Å². The molecule has 1 rings (SSSR count).